The van der Waals surface area contributed by atoms with Crippen LogP contribution in [0.5, 0.6) is 11.8 Å². The van der Waals surface area contributed by atoms with Crippen LogP contribution in [0.2, 0.25) is 0 Å². The summed E-state index contributed by atoms with van der Waals surface area (Å²) in [4.78, 5) is 22.9. The number of ether oxygens (including phenoxy) is 2. The SMILES string of the molecule is [C-]#[N+]/C(C#N)=c1\c2c(/c(=C(/C#N)[N+]#[C-])c3c1Cc1nc(OC(F)(F)F)c(OC(F)(F)F)nc1-3)-c1nc(C)c(C)nc1C2. The molecule has 208 valence electrons. The summed E-state index contributed by atoms with van der Waals surface area (Å²) < 4.78 is 86.2. The minimum atomic E-state index is -5.50. The molecule has 16 heteroatoms. The number of alkyl halides is 6. The van der Waals surface area contributed by atoms with Gasteiger partial charge in [-0.1, -0.05) is 0 Å². The van der Waals surface area contributed by atoms with E-state index in [4.69, 9.17) is 13.1 Å². The van der Waals surface area contributed by atoms with Gasteiger partial charge >= 0.3 is 12.7 Å². The molecule has 0 spiro atoms. The quantitative estimate of drug-likeness (QED) is 0.227. The third kappa shape index (κ3) is 4.45. The van der Waals surface area contributed by atoms with Crippen molar-refractivity contribution < 1.29 is 35.8 Å². The van der Waals surface area contributed by atoms with E-state index in [1.807, 2.05) is 0 Å². The van der Waals surface area contributed by atoms with Crippen molar-refractivity contribution in [2.75, 3.05) is 0 Å². The van der Waals surface area contributed by atoms with Gasteiger partial charge in [0.2, 0.25) is 0 Å². The van der Waals surface area contributed by atoms with Crippen LogP contribution in [0.3, 0.4) is 0 Å². The molecular weight excluding hydrogens is 570 g/mol. The molecule has 0 N–H and O–H groups in total. The van der Waals surface area contributed by atoms with Crippen molar-refractivity contribution in [3.05, 3.63) is 67.2 Å². The van der Waals surface area contributed by atoms with Gasteiger partial charge in [0.25, 0.3) is 23.2 Å². The lowest BCUT2D eigenvalue weighted by atomic mass is 9.92. The number of nitriles is 2. The van der Waals surface area contributed by atoms with E-state index < -0.39 is 48.0 Å². The van der Waals surface area contributed by atoms with Crippen LogP contribution in [-0.2, 0) is 12.8 Å². The standard InChI is InChI=1S/C26H10F6N8O2/c1-9-10(2)38-21-13(37-9)5-11-17(15(7-33)35-3)12-6-14-22(19(12)20(18(11)21)16(8-34)36-4)40-24(42-26(30,31)32)23(39-14)41-25(27,28)29/h5-6H2,1-2H3/b17-15+,20-16+. The second kappa shape index (κ2) is 9.43. The monoisotopic (exact) mass is 580 g/mol. The van der Waals surface area contributed by atoms with Gasteiger partial charge in [0.05, 0.1) is 59.4 Å². The largest absolute Gasteiger partial charge is 0.574 e. The van der Waals surface area contributed by atoms with Crippen molar-refractivity contribution in [2.45, 2.75) is 39.4 Å². The molecule has 2 aromatic heterocycles. The van der Waals surface area contributed by atoms with Gasteiger partial charge in [-0.05, 0) is 25.0 Å². The van der Waals surface area contributed by atoms with Crippen LogP contribution in [0.15, 0.2) is 0 Å². The summed E-state index contributed by atoms with van der Waals surface area (Å²) in [6.45, 7) is 18.6. The first-order valence-electron chi connectivity index (χ1n) is 11.5. The van der Waals surface area contributed by atoms with Gasteiger partial charge in [-0.3, -0.25) is 4.98 Å². The number of benzene rings is 1. The summed E-state index contributed by atoms with van der Waals surface area (Å²) >= 11 is 0. The predicted molar refractivity (Wildman–Crippen MR) is 127 cm³/mol. The first kappa shape index (κ1) is 27.8. The molecule has 0 unspecified atom stereocenters. The summed E-state index contributed by atoms with van der Waals surface area (Å²) in [6, 6.07) is 3.50. The van der Waals surface area contributed by atoms with Crippen LogP contribution >= 0.6 is 0 Å². The van der Waals surface area contributed by atoms with Crippen LogP contribution in [-0.4, -0.2) is 32.7 Å². The van der Waals surface area contributed by atoms with Crippen molar-refractivity contribution in [1.29, 1.82) is 10.5 Å². The van der Waals surface area contributed by atoms with E-state index in [0.717, 1.165) is 0 Å². The molecule has 0 saturated heterocycles. The molecule has 3 aromatic rings. The fourth-order valence-corrected chi connectivity index (χ4v) is 4.95. The lowest BCUT2D eigenvalue weighted by Gasteiger charge is -2.15. The number of aromatic nitrogens is 4. The highest BCUT2D eigenvalue weighted by Crippen LogP contribution is 2.42. The van der Waals surface area contributed by atoms with Crippen LogP contribution in [0.1, 0.15) is 33.9 Å². The minimum absolute atomic E-state index is 0.00782. The zero-order valence-electron chi connectivity index (χ0n) is 21.1. The maximum atomic E-state index is 13.2. The van der Waals surface area contributed by atoms with E-state index in [9.17, 15) is 36.9 Å². The molecule has 1 aromatic carbocycles. The summed E-state index contributed by atoms with van der Waals surface area (Å²) in [6.07, 6.45) is -11.4. The highest BCUT2D eigenvalue weighted by atomic mass is 19.4. The maximum absolute atomic E-state index is 13.2. The van der Waals surface area contributed by atoms with Gasteiger partial charge in [-0.25, -0.2) is 35.2 Å². The highest BCUT2D eigenvalue weighted by Gasteiger charge is 2.41. The molecule has 2 aliphatic rings. The number of halogens is 6. The summed E-state index contributed by atoms with van der Waals surface area (Å²) in [5.74, 6) is -3.31. The first-order chi connectivity index (χ1) is 19.7. The van der Waals surface area contributed by atoms with Gasteiger partial charge in [-0.2, -0.15) is 0 Å². The molecule has 0 fully saturated rings. The Kier molecular flexibility index (Phi) is 6.24. The zero-order valence-corrected chi connectivity index (χ0v) is 21.1. The summed E-state index contributed by atoms with van der Waals surface area (Å²) in [5, 5.41) is 19.6. The average Bonchev–Trinajstić information content (AvgIpc) is 3.42. The molecule has 0 saturated carbocycles. The van der Waals surface area contributed by atoms with Crippen molar-refractivity contribution in [1.82, 2.24) is 19.9 Å². The molecule has 2 heterocycles. The number of nitrogens with zero attached hydrogens (tertiary/aromatic N) is 8. The normalized spacial score (nSPS) is 14.2. The molecule has 0 atom stereocenters. The second-order valence-electron chi connectivity index (χ2n) is 8.87. The van der Waals surface area contributed by atoms with E-state index in [1.165, 1.54) is 0 Å². The molecule has 0 bridgehead atoms. The Hall–Kier alpha value is -5.74. The fourth-order valence-electron chi connectivity index (χ4n) is 4.95. The van der Waals surface area contributed by atoms with Crippen molar-refractivity contribution in [2.24, 2.45) is 0 Å². The number of hydrogen-bond donors (Lipinski definition) is 0. The van der Waals surface area contributed by atoms with Gasteiger partial charge in [0.1, 0.15) is 0 Å². The molecule has 2 aliphatic carbocycles. The number of aryl methyl sites for hydroxylation is 2. The molecule has 0 radical (unpaired) electrons. The van der Waals surface area contributed by atoms with Crippen LogP contribution in [0, 0.1) is 49.7 Å². The highest BCUT2D eigenvalue weighted by molar-refractivity contribution is 5.91. The Morgan fingerprint density at radius 3 is 1.62 bits per heavy atom. The number of rotatable bonds is 2. The molecule has 0 aliphatic heterocycles. The molecule has 5 rings (SSSR count). The van der Waals surface area contributed by atoms with Crippen LogP contribution < -0.4 is 19.9 Å². The van der Waals surface area contributed by atoms with Crippen molar-refractivity contribution in [3.63, 3.8) is 0 Å². The van der Waals surface area contributed by atoms with E-state index in [-0.39, 0.29) is 44.9 Å². The number of hydrogen-bond acceptors (Lipinski definition) is 8. The Balaban J connectivity index is 2.02. The Morgan fingerprint density at radius 2 is 1.14 bits per heavy atom. The Labute approximate surface area is 231 Å². The minimum Gasteiger partial charge on any atom is -0.382 e. The maximum Gasteiger partial charge on any atom is 0.574 e. The average molecular weight is 580 g/mol. The topological polar surface area (TPSA) is 126 Å². The lowest BCUT2D eigenvalue weighted by Crippen LogP contribution is -2.26. The second-order valence-corrected chi connectivity index (χ2v) is 8.87. The smallest absolute Gasteiger partial charge is 0.382 e. The van der Waals surface area contributed by atoms with Gasteiger partial charge in [-0.15, -0.1) is 26.3 Å². The van der Waals surface area contributed by atoms with Crippen LogP contribution in [0.25, 0.3) is 43.6 Å². The first-order valence-corrected chi connectivity index (χ1v) is 11.5. The fraction of sp³-hybridized carbons (Fsp3) is 0.231. The third-order valence-corrected chi connectivity index (χ3v) is 6.49. The Morgan fingerprint density at radius 1 is 0.714 bits per heavy atom. The van der Waals surface area contributed by atoms with E-state index in [1.54, 1.807) is 26.0 Å². The van der Waals surface area contributed by atoms with Gasteiger partial charge < -0.3 is 9.47 Å². The summed E-state index contributed by atoms with van der Waals surface area (Å²) in [5.41, 5.74) is 0.128. The van der Waals surface area contributed by atoms with Gasteiger partial charge in [0.15, 0.2) is 0 Å². The molecule has 42 heavy (non-hydrogen) atoms. The summed E-state index contributed by atoms with van der Waals surface area (Å²) in [7, 11) is 0. The van der Waals surface area contributed by atoms with Crippen molar-refractivity contribution >= 4 is 11.4 Å². The van der Waals surface area contributed by atoms with Crippen LogP contribution in [0.4, 0.5) is 26.3 Å². The molecular formula is C26H10F6N8O2. The van der Waals surface area contributed by atoms with E-state index >= 15 is 0 Å². The predicted octanol–water partition coefficient (Wildman–Crippen LogP) is 3.93. The van der Waals surface area contributed by atoms with E-state index in [2.05, 4.69) is 39.1 Å². The van der Waals surface area contributed by atoms with Gasteiger partial charge in [0, 0.05) is 34.4 Å². The third-order valence-electron chi connectivity index (χ3n) is 6.49. The number of fused-ring (bicyclic) bond motifs is 6. The lowest BCUT2D eigenvalue weighted by molar-refractivity contribution is -0.289. The Bertz CT molecular complexity index is 2010. The molecule has 0 amide bonds. The van der Waals surface area contributed by atoms with Crippen molar-refractivity contribution in [3.8, 4) is 46.4 Å². The molecule has 10 nitrogen and oxygen atoms in total. The zero-order chi connectivity index (χ0) is 30.7. The van der Waals surface area contributed by atoms with E-state index in [0.29, 0.717) is 22.6 Å².